The van der Waals surface area contributed by atoms with E-state index >= 15 is 0 Å². The van der Waals surface area contributed by atoms with Gasteiger partial charge >= 0.3 is 17.9 Å². The van der Waals surface area contributed by atoms with Crippen molar-refractivity contribution in [2.45, 2.75) is 119 Å². The van der Waals surface area contributed by atoms with E-state index in [4.69, 9.17) is 27.5 Å². The van der Waals surface area contributed by atoms with Crippen molar-refractivity contribution in [2.75, 3.05) is 41.0 Å². The van der Waals surface area contributed by atoms with Crippen molar-refractivity contribution in [1.29, 1.82) is 0 Å². The number of carbonyl (C=O) groups is 3. The van der Waals surface area contributed by atoms with Crippen molar-refractivity contribution in [3.8, 4) is 17.2 Å². The SMILES string of the molecule is COC(=O)CN1Cc2cc(C)cc(c2O[Si](C)(C)C)CN(CC(=O)OC)Cc2cc(C)cc(c2O[Si](C)(C)C)CN(CC(=O)OC)Cc2cc(C)cc(c2O[Si](C)(C)C)C1. The van der Waals surface area contributed by atoms with Gasteiger partial charge in [-0.05, 0) is 79.7 Å². The first-order valence-corrected chi connectivity index (χ1v) is 30.9. The van der Waals surface area contributed by atoms with Crippen LogP contribution in [-0.2, 0) is 67.9 Å². The van der Waals surface area contributed by atoms with Crippen LogP contribution in [0.25, 0.3) is 0 Å². The monoisotopic (exact) mass is 879 g/mol. The number of nitrogens with zero attached hydrogens (tertiary/aromatic N) is 3. The lowest BCUT2D eigenvalue weighted by Gasteiger charge is -2.33. The second-order valence-corrected chi connectivity index (χ2v) is 32.3. The Morgan fingerprint density at radius 3 is 0.750 bits per heavy atom. The van der Waals surface area contributed by atoms with Crippen LogP contribution in [0.5, 0.6) is 17.2 Å². The highest BCUT2D eigenvalue weighted by Crippen LogP contribution is 2.37. The average Bonchev–Trinajstić information content (AvgIpc) is 3.10. The van der Waals surface area contributed by atoms with E-state index in [1.807, 2.05) is 0 Å². The van der Waals surface area contributed by atoms with Gasteiger partial charge < -0.3 is 27.5 Å². The van der Waals surface area contributed by atoms with Gasteiger partial charge in [0.05, 0.1) is 41.0 Å². The highest BCUT2D eigenvalue weighted by molar-refractivity contribution is 6.71. The van der Waals surface area contributed by atoms with Gasteiger partial charge in [-0.1, -0.05) is 53.1 Å². The van der Waals surface area contributed by atoms with Crippen molar-refractivity contribution in [3.05, 3.63) is 86.5 Å². The number of fused-ring (bicyclic) bond motifs is 6. The normalized spacial score (nSPS) is 15.1. The van der Waals surface area contributed by atoms with Crippen molar-refractivity contribution < 1.29 is 41.9 Å². The molecule has 0 N–H and O–H groups in total. The van der Waals surface area contributed by atoms with E-state index in [2.05, 4.69) is 131 Å². The van der Waals surface area contributed by atoms with Gasteiger partial charge in [-0.25, -0.2) is 0 Å². The van der Waals surface area contributed by atoms with Crippen LogP contribution >= 0.6 is 0 Å². The lowest BCUT2D eigenvalue weighted by molar-refractivity contribution is -0.143. The molecule has 15 heteroatoms. The number of hydrogen-bond acceptors (Lipinski definition) is 12. The molecule has 0 spiro atoms. The third kappa shape index (κ3) is 14.9. The molecule has 0 aliphatic carbocycles. The predicted molar refractivity (Wildman–Crippen MR) is 244 cm³/mol. The molecule has 0 aromatic heterocycles. The standard InChI is InChI=1S/C45H69N3O9Si3/c1-31-16-34-22-46(28-40(49)52-4)24-36-18-32(2)20-38(44(36)56-59(10,11)12)26-48(30-42(51)54-6)27-39-21-33(3)19-37(45(39)57-60(13,14)15)25-47(29-41(50)53-5)23-35(17-31)43(34)55-58(7,8)9/h16-21H,22-30H2,1-15H3. The Kier molecular flexibility index (Phi) is 16.4. The van der Waals surface area contributed by atoms with E-state index in [9.17, 15) is 14.4 Å². The fourth-order valence-electron chi connectivity index (χ4n) is 7.49. The van der Waals surface area contributed by atoms with E-state index in [0.29, 0.717) is 39.3 Å². The molecular formula is C45H69N3O9Si3. The number of carbonyl (C=O) groups excluding carboxylic acids is 3. The number of aryl methyl sites for hydroxylation is 3. The molecule has 3 aromatic carbocycles. The lowest BCUT2D eigenvalue weighted by Crippen LogP contribution is -2.36. The Balaban J connectivity index is 2.13. The molecule has 0 amide bonds. The molecule has 1 heterocycles. The summed E-state index contributed by atoms with van der Waals surface area (Å²) in [6, 6.07) is 12.8. The van der Waals surface area contributed by atoms with Crippen molar-refractivity contribution >= 4 is 42.9 Å². The summed E-state index contributed by atoms with van der Waals surface area (Å²) in [5.74, 6) is 1.20. The number of hydrogen-bond donors (Lipinski definition) is 0. The molecule has 0 unspecified atom stereocenters. The van der Waals surface area contributed by atoms with Crippen LogP contribution in [0.2, 0.25) is 58.9 Å². The molecule has 60 heavy (non-hydrogen) atoms. The zero-order valence-corrected chi connectivity index (χ0v) is 41.8. The third-order valence-corrected chi connectivity index (χ3v) is 11.9. The molecule has 4 rings (SSSR count). The first kappa shape index (κ1) is 48.7. The number of methoxy groups -OCH3 is 3. The van der Waals surface area contributed by atoms with Gasteiger partial charge in [0, 0.05) is 72.6 Å². The van der Waals surface area contributed by atoms with Gasteiger partial charge in [0.15, 0.2) is 0 Å². The fraction of sp³-hybridized carbons (Fsp3) is 0.533. The highest BCUT2D eigenvalue weighted by atomic mass is 28.4. The zero-order valence-electron chi connectivity index (χ0n) is 38.8. The molecule has 1 aliphatic heterocycles. The van der Waals surface area contributed by atoms with Gasteiger partial charge in [0.2, 0.25) is 25.0 Å². The van der Waals surface area contributed by atoms with E-state index in [-0.39, 0.29) is 37.5 Å². The molecule has 12 nitrogen and oxygen atoms in total. The summed E-state index contributed by atoms with van der Waals surface area (Å²) in [5.41, 5.74) is 8.67. The van der Waals surface area contributed by atoms with Crippen molar-refractivity contribution in [1.82, 2.24) is 14.7 Å². The zero-order chi connectivity index (χ0) is 44.7. The largest absolute Gasteiger partial charge is 0.544 e. The Bertz CT molecular complexity index is 1710. The summed E-state index contributed by atoms with van der Waals surface area (Å²) < 4.78 is 36.7. The molecule has 0 atom stereocenters. The van der Waals surface area contributed by atoms with Crippen molar-refractivity contribution in [3.63, 3.8) is 0 Å². The summed E-state index contributed by atoms with van der Waals surface area (Å²) in [4.78, 5) is 45.7. The minimum absolute atomic E-state index is 0.0264. The third-order valence-electron chi connectivity index (χ3n) is 9.49. The second kappa shape index (κ2) is 20.2. The summed E-state index contributed by atoms with van der Waals surface area (Å²) in [7, 11) is -2.43. The van der Waals surface area contributed by atoms with Gasteiger partial charge in [-0.15, -0.1) is 0 Å². The Morgan fingerprint density at radius 1 is 0.417 bits per heavy atom. The quantitative estimate of drug-likeness (QED) is 0.0995. The van der Waals surface area contributed by atoms with Crippen LogP contribution in [0.4, 0.5) is 0 Å². The highest BCUT2D eigenvalue weighted by Gasteiger charge is 2.30. The Morgan fingerprint density at radius 2 is 0.600 bits per heavy atom. The van der Waals surface area contributed by atoms with E-state index in [1.165, 1.54) is 21.3 Å². The van der Waals surface area contributed by atoms with Gasteiger partial charge in [-0.3, -0.25) is 29.1 Å². The lowest BCUT2D eigenvalue weighted by atomic mass is 10.00. The van der Waals surface area contributed by atoms with Crippen LogP contribution in [0.3, 0.4) is 0 Å². The summed E-state index contributed by atoms with van der Waals surface area (Å²) >= 11 is 0. The average molecular weight is 880 g/mol. The molecule has 3 aromatic rings. The molecule has 0 saturated heterocycles. The molecule has 330 valence electrons. The number of benzene rings is 3. The maximum absolute atomic E-state index is 13.2. The van der Waals surface area contributed by atoms with Gasteiger partial charge in [-0.2, -0.15) is 0 Å². The predicted octanol–water partition coefficient (Wildman–Crippen LogP) is 8.09. The first-order chi connectivity index (χ1) is 27.8. The number of esters is 3. The molecule has 0 fully saturated rings. The number of ether oxygens (including phenoxy) is 3. The topological polar surface area (TPSA) is 116 Å². The summed E-state index contributed by atoms with van der Waals surface area (Å²) in [5, 5.41) is 0. The summed E-state index contributed by atoms with van der Waals surface area (Å²) in [6.07, 6.45) is 0. The van der Waals surface area contributed by atoms with Crippen LogP contribution < -0.4 is 13.3 Å². The minimum atomic E-state index is -2.21. The maximum atomic E-state index is 13.2. The smallest absolute Gasteiger partial charge is 0.319 e. The number of rotatable bonds is 12. The Hall–Kier alpha value is -4.00. The fourth-order valence-corrected chi connectivity index (χ4v) is 10.1. The van der Waals surface area contributed by atoms with Gasteiger partial charge in [0.1, 0.15) is 17.2 Å². The van der Waals surface area contributed by atoms with Crippen molar-refractivity contribution in [2.24, 2.45) is 0 Å². The van der Waals surface area contributed by atoms with E-state index in [1.54, 1.807) is 0 Å². The first-order valence-electron chi connectivity index (χ1n) is 20.7. The minimum Gasteiger partial charge on any atom is -0.544 e. The second-order valence-electron chi connectivity index (χ2n) is 19.0. The molecule has 6 bridgehead atoms. The van der Waals surface area contributed by atoms with Crippen LogP contribution in [0.15, 0.2) is 36.4 Å². The summed E-state index contributed by atoms with van der Waals surface area (Å²) in [6.45, 7) is 27.9. The molecule has 0 saturated carbocycles. The van der Waals surface area contributed by atoms with Gasteiger partial charge in [0.25, 0.3) is 0 Å². The molecule has 1 aliphatic rings. The van der Waals surface area contributed by atoms with Crippen LogP contribution in [-0.4, -0.2) is 98.5 Å². The molecule has 0 radical (unpaired) electrons. The van der Waals surface area contributed by atoms with E-state index in [0.717, 1.165) is 67.3 Å². The Labute approximate surface area is 361 Å². The van der Waals surface area contributed by atoms with E-state index < -0.39 is 25.0 Å². The molecular weight excluding hydrogens is 811 g/mol. The maximum Gasteiger partial charge on any atom is 0.319 e. The van der Waals surface area contributed by atoms with Crippen LogP contribution in [0.1, 0.15) is 50.1 Å². The van der Waals surface area contributed by atoms with Crippen LogP contribution in [0, 0.1) is 20.8 Å².